The zero-order chi connectivity index (χ0) is 15.6. The number of carboxylic acids is 1. The summed E-state index contributed by atoms with van der Waals surface area (Å²) < 4.78 is 31.4. The summed E-state index contributed by atoms with van der Waals surface area (Å²) in [5, 5.41) is 8.31. The molecule has 2 rings (SSSR count). The van der Waals surface area contributed by atoms with Gasteiger partial charge in [0.2, 0.25) is 10.0 Å². The van der Waals surface area contributed by atoms with Crippen LogP contribution >= 0.6 is 0 Å². The number of nitrogens with zero attached hydrogens (tertiary/aromatic N) is 1. The Labute approximate surface area is 124 Å². The molecule has 2 aliphatic rings. The standard InChI is InChI=1S/C13H21NO6S/c1-20-13(17)9-5-2-3-7-11(9)21(18,19)14-8-4-6-10(14)12(15)16/h9-11H,2-8H2,1H3,(H,15,16)/t9?,10-,11?/m0/s1. The second kappa shape index (κ2) is 6.31. The molecule has 2 fully saturated rings. The van der Waals surface area contributed by atoms with Gasteiger partial charge in [0, 0.05) is 6.54 Å². The van der Waals surface area contributed by atoms with Gasteiger partial charge < -0.3 is 9.84 Å². The third-order valence-corrected chi connectivity index (χ3v) is 6.82. The highest BCUT2D eigenvalue weighted by Gasteiger charge is 2.47. The largest absolute Gasteiger partial charge is 0.480 e. The number of methoxy groups -OCH3 is 1. The molecule has 2 unspecified atom stereocenters. The summed E-state index contributed by atoms with van der Waals surface area (Å²) in [4.78, 5) is 23.0. The average molecular weight is 319 g/mol. The van der Waals surface area contributed by atoms with E-state index in [1.807, 2.05) is 0 Å². The fraction of sp³-hybridized carbons (Fsp3) is 0.846. The lowest BCUT2D eigenvalue weighted by molar-refractivity contribution is -0.146. The molecular formula is C13H21NO6S. The molecule has 1 N–H and O–H groups in total. The van der Waals surface area contributed by atoms with Crippen molar-refractivity contribution in [2.45, 2.75) is 49.8 Å². The third kappa shape index (κ3) is 3.06. The Kier molecular flexibility index (Phi) is 4.88. The number of rotatable bonds is 4. The van der Waals surface area contributed by atoms with Crippen molar-refractivity contribution in [3.05, 3.63) is 0 Å². The van der Waals surface area contributed by atoms with Crippen LogP contribution in [0.15, 0.2) is 0 Å². The van der Waals surface area contributed by atoms with Gasteiger partial charge in [-0.1, -0.05) is 12.8 Å². The molecule has 0 aromatic heterocycles. The lowest BCUT2D eigenvalue weighted by Crippen LogP contribution is -2.49. The van der Waals surface area contributed by atoms with Crippen LogP contribution in [0.5, 0.6) is 0 Å². The van der Waals surface area contributed by atoms with Crippen molar-refractivity contribution in [1.29, 1.82) is 0 Å². The average Bonchev–Trinajstić information content (AvgIpc) is 2.97. The second-order valence-corrected chi connectivity index (χ2v) is 7.71. The number of carboxylic acid groups (broad SMARTS) is 1. The van der Waals surface area contributed by atoms with Crippen LogP contribution in [0.1, 0.15) is 38.5 Å². The molecule has 1 saturated heterocycles. The van der Waals surface area contributed by atoms with Gasteiger partial charge in [-0.3, -0.25) is 9.59 Å². The molecule has 0 aromatic rings. The Morgan fingerprint density at radius 3 is 2.43 bits per heavy atom. The number of carbonyl (C=O) groups is 2. The van der Waals surface area contributed by atoms with Gasteiger partial charge in [-0.15, -0.1) is 0 Å². The first-order valence-corrected chi connectivity index (χ1v) is 8.71. The maximum atomic E-state index is 12.8. The number of sulfonamides is 1. The summed E-state index contributed by atoms with van der Waals surface area (Å²) in [6.45, 7) is 0.212. The summed E-state index contributed by atoms with van der Waals surface area (Å²) in [7, 11) is -2.56. The van der Waals surface area contributed by atoms with Gasteiger partial charge in [-0.05, 0) is 25.7 Å². The lowest BCUT2D eigenvalue weighted by Gasteiger charge is -2.33. The highest BCUT2D eigenvalue weighted by atomic mass is 32.2. The van der Waals surface area contributed by atoms with Gasteiger partial charge in [0.25, 0.3) is 0 Å². The van der Waals surface area contributed by atoms with Crippen molar-refractivity contribution in [2.24, 2.45) is 5.92 Å². The van der Waals surface area contributed by atoms with Crippen LogP contribution in [0.25, 0.3) is 0 Å². The van der Waals surface area contributed by atoms with Crippen molar-refractivity contribution in [3.63, 3.8) is 0 Å². The first-order valence-electron chi connectivity index (χ1n) is 7.21. The molecule has 0 bridgehead atoms. The Balaban J connectivity index is 2.28. The molecule has 7 nitrogen and oxygen atoms in total. The zero-order valence-electron chi connectivity index (χ0n) is 12.0. The summed E-state index contributed by atoms with van der Waals surface area (Å²) in [5.74, 6) is -2.33. The minimum absolute atomic E-state index is 0.212. The maximum Gasteiger partial charge on any atom is 0.322 e. The predicted octanol–water partition coefficient (Wildman–Crippen LogP) is 0.597. The van der Waals surface area contributed by atoms with E-state index in [1.165, 1.54) is 7.11 Å². The van der Waals surface area contributed by atoms with Crippen LogP contribution in [0.4, 0.5) is 0 Å². The molecule has 8 heteroatoms. The van der Waals surface area contributed by atoms with Gasteiger partial charge >= 0.3 is 11.9 Å². The van der Waals surface area contributed by atoms with E-state index in [0.29, 0.717) is 25.7 Å². The highest BCUT2D eigenvalue weighted by Crippen LogP contribution is 2.35. The van der Waals surface area contributed by atoms with Crippen LogP contribution in [0, 0.1) is 5.92 Å². The molecule has 0 spiro atoms. The number of esters is 1. The Bertz CT molecular complexity index is 517. The molecule has 3 atom stereocenters. The summed E-state index contributed by atoms with van der Waals surface area (Å²) in [6.07, 6.45) is 3.22. The molecule has 0 amide bonds. The van der Waals surface area contributed by atoms with Crippen molar-refractivity contribution in [1.82, 2.24) is 4.31 Å². The van der Waals surface area contributed by atoms with Gasteiger partial charge in [-0.25, -0.2) is 8.42 Å². The van der Waals surface area contributed by atoms with Gasteiger partial charge in [-0.2, -0.15) is 4.31 Å². The molecule has 1 saturated carbocycles. The lowest BCUT2D eigenvalue weighted by atomic mass is 9.89. The molecule has 1 heterocycles. The van der Waals surface area contributed by atoms with Gasteiger partial charge in [0.05, 0.1) is 18.3 Å². The van der Waals surface area contributed by atoms with E-state index in [0.717, 1.165) is 17.1 Å². The highest BCUT2D eigenvalue weighted by molar-refractivity contribution is 7.89. The van der Waals surface area contributed by atoms with Gasteiger partial charge in [0.1, 0.15) is 6.04 Å². The Morgan fingerprint density at radius 1 is 1.14 bits per heavy atom. The van der Waals surface area contributed by atoms with E-state index in [2.05, 4.69) is 0 Å². The van der Waals surface area contributed by atoms with Crippen LogP contribution in [0.3, 0.4) is 0 Å². The Hall–Kier alpha value is -1.15. The first-order chi connectivity index (χ1) is 9.89. The van der Waals surface area contributed by atoms with E-state index in [1.54, 1.807) is 0 Å². The number of carbonyl (C=O) groups excluding carboxylic acids is 1. The van der Waals surface area contributed by atoms with E-state index in [4.69, 9.17) is 9.84 Å². The SMILES string of the molecule is COC(=O)C1CCCCC1S(=O)(=O)N1CCC[C@H]1C(=O)O. The van der Waals surface area contributed by atoms with Crippen LogP contribution in [-0.4, -0.2) is 54.7 Å². The summed E-state index contributed by atoms with van der Waals surface area (Å²) in [6, 6.07) is -1.00. The predicted molar refractivity (Wildman–Crippen MR) is 74.0 cm³/mol. The molecular weight excluding hydrogens is 298 g/mol. The molecule has 0 aromatic carbocycles. The number of aliphatic carboxylic acids is 1. The first kappa shape index (κ1) is 16.2. The second-order valence-electron chi connectivity index (χ2n) is 5.60. The summed E-state index contributed by atoms with van der Waals surface area (Å²) in [5.41, 5.74) is 0. The van der Waals surface area contributed by atoms with Gasteiger partial charge in [0.15, 0.2) is 0 Å². The van der Waals surface area contributed by atoms with Crippen LogP contribution in [-0.2, 0) is 24.3 Å². The van der Waals surface area contributed by atoms with Crippen molar-refractivity contribution in [3.8, 4) is 0 Å². The summed E-state index contributed by atoms with van der Waals surface area (Å²) >= 11 is 0. The molecule has 1 aliphatic carbocycles. The van der Waals surface area contributed by atoms with Crippen molar-refractivity contribution >= 4 is 22.0 Å². The van der Waals surface area contributed by atoms with Crippen molar-refractivity contribution in [2.75, 3.05) is 13.7 Å². The smallest absolute Gasteiger partial charge is 0.322 e. The number of hydrogen-bond acceptors (Lipinski definition) is 5. The number of ether oxygens (including phenoxy) is 1. The van der Waals surface area contributed by atoms with E-state index < -0.39 is 39.2 Å². The third-order valence-electron chi connectivity index (χ3n) is 4.40. The van der Waals surface area contributed by atoms with Crippen molar-refractivity contribution < 1.29 is 27.9 Å². The minimum atomic E-state index is -3.81. The van der Waals surface area contributed by atoms with E-state index in [-0.39, 0.29) is 6.54 Å². The quantitative estimate of drug-likeness (QED) is 0.761. The number of hydrogen-bond donors (Lipinski definition) is 1. The minimum Gasteiger partial charge on any atom is -0.480 e. The fourth-order valence-electron chi connectivity index (χ4n) is 3.34. The topological polar surface area (TPSA) is 101 Å². The molecule has 120 valence electrons. The molecule has 0 radical (unpaired) electrons. The van der Waals surface area contributed by atoms with Crippen LogP contribution in [0.2, 0.25) is 0 Å². The maximum absolute atomic E-state index is 12.8. The fourth-order valence-corrected chi connectivity index (χ4v) is 5.75. The molecule has 21 heavy (non-hydrogen) atoms. The zero-order valence-corrected chi connectivity index (χ0v) is 12.8. The Morgan fingerprint density at radius 2 is 1.81 bits per heavy atom. The van der Waals surface area contributed by atoms with Crippen LogP contribution < -0.4 is 0 Å². The molecule has 1 aliphatic heterocycles. The normalized spacial score (nSPS) is 31.0. The van der Waals surface area contributed by atoms with E-state index in [9.17, 15) is 18.0 Å². The van der Waals surface area contributed by atoms with E-state index >= 15 is 0 Å². The monoisotopic (exact) mass is 319 g/mol.